The van der Waals surface area contributed by atoms with Gasteiger partial charge < -0.3 is 20.5 Å². The predicted molar refractivity (Wildman–Crippen MR) is 168 cm³/mol. The summed E-state index contributed by atoms with van der Waals surface area (Å²) in [5.74, 6) is 1.06. The second-order valence-electron chi connectivity index (χ2n) is 11.4. The van der Waals surface area contributed by atoms with Gasteiger partial charge >= 0.3 is 6.18 Å². The molecule has 3 atom stereocenters. The fraction of sp³-hybridized carbons (Fsp3) is 0.343. The average Bonchev–Trinajstić information content (AvgIpc) is 3.00. The van der Waals surface area contributed by atoms with Crippen LogP contribution in [0.15, 0.2) is 102 Å². The van der Waals surface area contributed by atoms with Gasteiger partial charge in [-0.3, -0.25) is 4.90 Å². The number of aliphatic hydroxyl groups is 1. The van der Waals surface area contributed by atoms with Crippen molar-refractivity contribution in [1.29, 1.82) is 0 Å². The number of morpholine rings is 1. The number of aliphatic hydroxyl groups excluding tert-OH is 1. The van der Waals surface area contributed by atoms with Crippen LogP contribution in [0.4, 0.5) is 18.9 Å². The maximum Gasteiger partial charge on any atom is 0.416 e. The van der Waals surface area contributed by atoms with Gasteiger partial charge in [0.05, 0.1) is 30.5 Å². The number of ether oxygens (including phenoxy) is 1. The Bertz CT molecular complexity index is 1510. The molecule has 6 nitrogen and oxygen atoms in total. The van der Waals surface area contributed by atoms with Crippen molar-refractivity contribution >= 4 is 11.4 Å². The molecule has 2 aliphatic rings. The molecule has 44 heavy (non-hydrogen) atoms. The second-order valence-corrected chi connectivity index (χ2v) is 11.4. The first-order valence-corrected chi connectivity index (χ1v) is 15.0. The number of alkyl halides is 3. The molecule has 5 rings (SSSR count). The van der Waals surface area contributed by atoms with Crippen LogP contribution in [0.2, 0.25) is 0 Å². The van der Waals surface area contributed by atoms with Crippen molar-refractivity contribution in [3.8, 4) is 0 Å². The number of nitrogens with one attached hydrogen (secondary N) is 2. The molecule has 0 aromatic heterocycles. The minimum absolute atomic E-state index is 0.133. The minimum atomic E-state index is -4.48. The Morgan fingerprint density at radius 2 is 1.73 bits per heavy atom. The number of nitrogens with zero attached hydrogens (tertiary/aromatic N) is 2. The highest BCUT2D eigenvalue weighted by atomic mass is 19.4. The van der Waals surface area contributed by atoms with Crippen LogP contribution >= 0.6 is 0 Å². The Labute approximate surface area is 257 Å². The van der Waals surface area contributed by atoms with E-state index in [4.69, 9.17) is 9.73 Å². The number of rotatable bonds is 9. The lowest BCUT2D eigenvalue weighted by Crippen LogP contribution is -2.35. The van der Waals surface area contributed by atoms with Crippen LogP contribution in [0.5, 0.6) is 0 Å². The molecule has 2 unspecified atom stereocenters. The molecule has 0 spiro atoms. The third-order valence-electron chi connectivity index (χ3n) is 7.78. The standard InChI is InChI=1S/C35H39F3N4O2/c1-24-7-3-14-32(28-10-4-8-26(20-28)23-42-15-17-44-18-16-42)41-33(19-24)39-25(2)27-9-6-13-31(22-27)40-34(43)29-11-5-12-30(21-29)35(36,37)38/h3-6,8-14,19-22,24-25,34,39-40,43H,7,15-18,23H2,1-2H3/t24?,25-,34?/m0/s1. The summed E-state index contributed by atoms with van der Waals surface area (Å²) in [6.45, 7) is 8.44. The molecule has 0 radical (unpaired) electrons. The van der Waals surface area contributed by atoms with Crippen molar-refractivity contribution in [2.75, 3.05) is 31.6 Å². The molecule has 3 N–H and O–H groups in total. The summed E-state index contributed by atoms with van der Waals surface area (Å²) in [7, 11) is 0. The van der Waals surface area contributed by atoms with Gasteiger partial charge in [-0.05, 0) is 72.9 Å². The lowest BCUT2D eigenvalue weighted by atomic mass is 10.0. The largest absolute Gasteiger partial charge is 0.416 e. The Morgan fingerprint density at radius 1 is 0.977 bits per heavy atom. The fourth-order valence-electron chi connectivity index (χ4n) is 5.35. The van der Waals surface area contributed by atoms with E-state index in [-0.39, 0.29) is 17.5 Å². The molecule has 232 valence electrons. The van der Waals surface area contributed by atoms with E-state index in [9.17, 15) is 18.3 Å². The first kappa shape index (κ1) is 31.5. The van der Waals surface area contributed by atoms with Crippen LogP contribution in [-0.4, -0.2) is 42.0 Å². The predicted octanol–water partition coefficient (Wildman–Crippen LogP) is 7.22. The second kappa shape index (κ2) is 14.2. The number of aliphatic imine (C=N–C) groups is 1. The van der Waals surface area contributed by atoms with Gasteiger partial charge in [0.15, 0.2) is 6.23 Å². The van der Waals surface area contributed by atoms with Crippen LogP contribution < -0.4 is 10.6 Å². The summed E-state index contributed by atoms with van der Waals surface area (Å²) in [4.78, 5) is 7.45. The molecule has 0 bridgehead atoms. The molecular formula is C35H39F3N4O2. The minimum Gasteiger partial charge on any atom is -0.379 e. The zero-order valence-electron chi connectivity index (χ0n) is 25.0. The molecule has 1 fully saturated rings. The zero-order chi connectivity index (χ0) is 31.1. The summed E-state index contributed by atoms with van der Waals surface area (Å²) in [5.41, 5.74) is 4.02. The summed E-state index contributed by atoms with van der Waals surface area (Å²) < 4.78 is 45.0. The van der Waals surface area contributed by atoms with E-state index in [2.05, 4.69) is 65.0 Å². The van der Waals surface area contributed by atoms with Gasteiger partial charge in [-0.2, -0.15) is 13.2 Å². The van der Waals surface area contributed by atoms with Crippen LogP contribution in [0.1, 0.15) is 60.4 Å². The zero-order valence-corrected chi connectivity index (χ0v) is 25.0. The number of hydrogen-bond donors (Lipinski definition) is 3. The SMILES string of the molecule is CC1C=C(N[C@@H](C)c2cccc(NC(O)c3cccc(C(F)(F)F)c3)c2)N=C(c2cccc(CN3CCOCC3)c2)C=CC1. The molecule has 0 amide bonds. The third kappa shape index (κ3) is 8.59. The number of halogens is 3. The highest BCUT2D eigenvalue weighted by molar-refractivity contribution is 6.09. The monoisotopic (exact) mass is 604 g/mol. The van der Waals surface area contributed by atoms with Crippen molar-refractivity contribution in [1.82, 2.24) is 10.2 Å². The molecular weight excluding hydrogens is 565 g/mol. The van der Waals surface area contributed by atoms with Gasteiger partial charge in [0.1, 0.15) is 5.82 Å². The summed E-state index contributed by atoms with van der Waals surface area (Å²) in [6, 6.07) is 20.5. The van der Waals surface area contributed by atoms with Crippen LogP contribution in [0.3, 0.4) is 0 Å². The third-order valence-corrected chi connectivity index (χ3v) is 7.78. The highest BCUT2D eigenvalue weighted by Crippen LogP contribution is 2.31. The van der Waals surface area contributed by atoms with Gasteiger partial charge in [-0.25, -0.2) is 4.99 Å². The van der Waals surface area contributed by atoms with Crippen molar-refractivity contribution in [2.24, 2.45) is 10.9 Å². The number of benzene rings is 3. The lowest BCUT2D eigenvalue weighted by Gasteiger charge is -2.26. The molecule has 9 heteroatoms. The maximum atomic E-state index is 13.2. The Balaban J connectivity index is 1.30. The fourth-order valence-corrected chi connectivity index (χ4v) is 5.35. The number of allylic oxidation sites excluding steroid dienone is 3. The number of hydrogen-bond acceptors (Lipinski definition) is 6. The van der Waals surface area contributed by atoms with Crippen LogP contribution in [-0.2, 0) is 17.5 Å². The number of anilines is 1. The van der Waals surface area contributed by atoms with Gasteiger partial charge in [0.25, 0.3) is 0 Å². The van der Waals surface area contributed by atoms with Crippen molar-refractivity contribution in [2.45, 2.75) is 45.3 Å². The normalized spacial score (nSPS) is 19.3. The summed E-state index contributed by atoms with van der Waals surface area (Å²) in [5, 5.41) is 17.1. The Hall–Kier alpha value is -3.92. The van der Waals surface area contributed by atoms with E-state index in [0.717, 1.165) is 74.1 Å². The molecule has 2 heterocycles. The van der Waals surface area contributed by atoms with E-state index >= 15 is 0 Å². The van der Waals surface area contributed by atoms with Gasteiger partial charge in [-0.15, -0.1) is 0 Å². The molecule has 3 aromatic rings. The van der Waals surface area contributed by atoms with Crippen molar-refractivity contribution in [3.63, 3.8) is 0 Å². The Kier molecular flexibility index (Phi) is 10.2. The first-order chi connectivity index (χ1) is 21.1. The van der Waals surface area contributed by atoms with Gasteiger partial charge in [0.2, 0.25) is 0 Å². The van der Waals surface area contributed by atoms with Crippen molar-refractivity contribution < 1.29 is 23.0 Å². The van der Waals surface area contributed by atoms with E-state index in [0.29, 0.717) is 5.69 Å². The van der Waals surface area contributed by atoms with E-state index in [1.54, 1.807) is 6.07 Å². The smallest absolute Gasteiger partial charge is 0.379 e. The van der Waals surface area contributed by atoms with Gasteiger partial charge in [0, 0.05) is 36.4 Å². The van der Waals surface area contributed by atoms with E-state index in [1.807, 2.05) is 25.1 Å². The molecule has 0 aliphatic carbocycles. The topological polar surface area (TPSA) is 69.1 Å². The molecule has 2 aliphatic heterocycles. The van der Waals surface area contributed by atoms with Crippen LogP contribution in [0, 0.1) is 5.92 Å². The van der Waals surface area contributed by atoms with Crippen LogP contribution in [0.25, 0.3) is 0 Å². The highest BCUT2D eigenvalue weighted by Gasteiger charge is 2.31. The quantitative estimate of drug-likeness (QED) is 0.225. The molecule has 1 saturated heterocycles. The lowest BCUT2D eigenvalue weighted by molar-refractivity contribution is -0.137. The van der Waals surface area contributed by atoms with E-state index < -0.39 is 18.0 Å². The molecule has 0 saturated carbocycles. The average molecular weight is 605 g/mol. The first-order valence-electron chi connectivity index (χ1n) is 15.0. The summed E-state index contributed by atoms with van der Waals surface area (Å²) >= 11 is 0. The van der Waals surface area contributed by atoms with Crippen molar-refractivity contribution in [3.05, 3.63) is 125 Å². The molecule has 3 aromatic carbocycles. The van der Waals surface area contributed by atoms with E-state index in [1.165, 1.54) is 17.7 Å². The van der Waals surface area contributed by atoms with Gasteiger partial charge in [-0.1, -0.05) is 55.5 Å². The summed E-state index contributed by atoms with van der Waals surface area (Å²) in [6.07, 6.45) is 1.49. The Morgan fingerprint density at radius 3 is 2.52 bits per heavy atom. The maximum absolute atomic E-state index is 13.2.